The van der Waals surface area contributed by atoms with E-state index in [-0.39, 0.29) is 0 Å². The average Bonchev–Trinajstić information content (AvgIpc) is 2.76. The van der Waals surface area contributed by atoms with Crippen molar-refractivity contribution >= 4 is 23.8 Å². The van der Waals surface area contributed by atoms with Crippen LogP contribution in [0, 0.1) is 14.3 Å². The molecule has 86 valence electrons. The van der Waals surface area contributed by atoms with Crippen LogP contribution in [0.2, 0.25) is 0 Å². The molecule has 1 aliphatic carbocycles. The predicted molar refractivity (Wildman–Crippen MR) is 71.0 cm³/mol. The standard InChI is InChI=1S/C12H11N3S2/c1-3-7-4-8-10(16)5-9-11(14-6-13-9)12(8)17-15(7)2/h4-6H,3H2,1-2H3. The van der Waals surface area contributed by atoms with Gasteiger partial charge in [-0.05, 0) is 18.6 Å². The molecule has 0 fully saturated rings. The lowest BCUT2D eigenvalue weighted by Gasteiger charge is -2.07. The molecule has 3 nitrogen and oxygen atoms in total. The summed E-state index contributed by atoms with van der Waals surface area (Å²) in [6.07, 6.45) is 2.60. The summed E-state index contributed by atoms with van der Waals surface area (Å²) in [7, 11) is 2.07. The van der Waals surface area contributed by atoms with Crippen molar-refractivity contribution in [3.63, 3.8) is 0 Å². The average molecular weight is 261 g/mol. The molecule has 0 spiro atoms. The highest BCUT2D eigenvalue weighted by Gasteiger charge is 2.11. The van der Waals surface area contributed by atoms with Crippen molar-refractivity contribution < 1.29 is 0 Å². The van der Waals surface area contributed by atoms with Gasteiger partial charge in [0, 0.05) is 22.5 Å². The number of fused-ring (bicyclic) bond motifs is 2. The monoisotopic (exact) mass is 261 g/mol. The fourth-order valence-corrected chi connectivity index (χ4v) is 3.43. The van der Waals surface area contributed by atoms with Crippen LogP contribution in [-0.4, -0.2) is 13.9 Å². The Kier molecular flexibility index (Phi) is 2.45. The summed E-state index contributed by atoms with van der Waals surface area (Å²) in [6, 6.07) is 4.11. The third-order valence-electron chi connectivity index (χ3n) is 2.93. The fourth-order valence-electron chi connectivity index (χ4n) is 2.00. The van der Waals surface area contributed by atoms with E-state index in [9.17, 15) is 0 Å². The highest BCUT2D eigenvalue weighted by Crippen LogP contribution is 2.24. The van der Waals surface area contributed by atoms with Crippen molar-refractivity contribution in [2.45, 2.75) is 13.3 Å². The van der Waals surface area contributed by atoms with Crippen LogP contribution in [0.5, 0.6) is 0 Å². The molecule has 3 rings (SSSR count). The zero-order valence-electron chi connectivity index (χ0n) is 9.60. The largest absolute Gasteiger partial charge is 0.305 e. The Labute approximate surface area is 108 Å². The Balaban J connectivity index is 2.60. The maximum atomic E-state index is 5.43. The quantitative estimate of drug-likeness (QED) is 0.631. The Morgan fingerprint density at radius 1 is 1.35 bits per heavy atom. The number of hydrogen-bond donors (Lipinski definition) is 0. The molecule has 2 heterocycles. The van der Waals surface area contributed by atoms with Crippen molar-refractivity contribution in [2.75, 3.05) is 0 Å². The third kappa shape index (κ3) is 1.57. The van der Waals surface area contributed by atoms with Gasteiger partial charge in [-0.25, -0.2) is 9.97 Å². The van der Waals surface area contributed by atoms with Gasteiger partial charge in [0.1, 0.15) is 12.0 Å². The number of nitrogens with zero attached hydrogens (tertiary/aromatic N) is 3. The van der Waals surface area contributed by atoms with Crippen LogP contribution in [0.25, 0.3) is 11.4 Å². The smallest absolute Gasteiger partial charge is 0.116 e. The summed E-state index contributed by atoms with van der Waals surface area (Å²) in [4.78, 5) is 8.55. The minimum atomic E-state index is 0.861. The molecule has 0 aromatic rings. The van der Waals surface area contributed by atoms with Crippen LogP contribution in [0.15, 0.2) is 18.5 Å². The Bertz CT molecular complexity index is 772. The summed E-state index contributed by atoms with van der Waals surface area (Å²) in [6.45, 7) is 2.15. The normalized spacial score (nSPS) is 11.4. The predicted octanol–water partition coefficient (Wildman–Crippen LogP) is 3.00. The summed E-state index contributed by atoms with van der Waals surface area (Å²) in [5, 5.41) is 1.12. The van der Waals surface area contributed by atoms with Crippen molar-refractivity contribution in [3.8, 4) is 11.4 Å². The Morgan fingerprint density at radius 2 is 2.18 bits per heavy atom. The molecule has 0 unspecified atom stereocenters. The second-order valence-corrected chi connectivity index (χ2v) is 5.52. The van der Waals surface area contributed by atoms with Crippen molar-refractivity contribution in [1.82, 2.24) is 13.9 Å². The van der Waals surface area contributed by atoms with Crippen molar-refractivity contribution in [2.24, 2.45) is 7.05 Å². The van der Waals surface area contributed by atoms with E-state index < -0.39 is 0 Å². The van der Waals surface area contributed by atoms with Crippen LogP contribution in [0.4, 0.5) is 0 Å². The zero-order chi connectivity index (χ0) is 12.0. The van der Waals surface area contributed by atoms with Gasteiger partial charge < -0.3 is 3.96 Å². The molecule has 17 heavy (non-hydrogen) atoms. The lowest BCUT2D eigenvalue weighted by atomic mass is 10.2. The molecule has 5 heteroatoms. The van der Waals surface area contributed by atoms with E-state index in [4.69, 9.17) is 12.2 Å². The molecule has 0 saturated heterocycles. The number of hydrogen-bond acceptors (Lipinski definition) is 4. The van der Waals surface area contributed by atoms with Gasteiger partial charge in [0.25, 0.3) is 0 Å². The molecule has 0 amide bonds. The lowest BCUT2D eigenvalue weighted by Crippen LogP contribution is -1.98. The van der Waals surface area contributed by atoms with E-state index in [1.807, 2.05) is 6.07 Å². The lowest BCUT2D eigenvalue weighted by molar-refractivity contribution is 0.890. The number of aryl methyl sites for hydroxylation is 2. The molecule has 0 saturated carbocycles. The van der Waals surface area contributed by atoms with Crippen LogP contribution in [-0.2, 0) is 13.5 Å². The Hall–Kier alpha value is -1.33. The Morgan fingerprint density at radius 3 is 2.94 bits per heavy atom. The molecule has 0 aromatic heterocycles. The fraction of sp³-hybridized carbons (Fsp3) is 0.250. The highest BCUT2D eigenvalue weighted by atomic mass is 32.1. The SMILES string of the molecule is CCc1cc2c(=S)cc3ncnc-3c=2sn1C. The van der Waals surface area contributed by atoms with Crippen LogP contribution in [0.1, 0.15) is 12.6 Å². The number of rotatable bonds is 1. The van der Waals surface area contributed by atoms with E-state index in [0.717, 1.165) is 32.1 Å². The maximum absolute atomic E-state index is 5.43. The van der Waals surface area contributed by atoms with Gasteiger partial charge >= 0.3 is 0 Å². The number of aromatic nitrogens is 3. The maximum Gasteiger partial charge on any atom is 0.116 e. The molecule has 0 aromatic carbocycles. The summed E-state index contributed by atoms with van der Waals surface area (Å²) >= 11 is 7.12. The first-order chi connectivity index (χ1) is 8.20. The van der Waals surface area contributed by atoms with E-state index in [2.05, 4.69) is 34.0 Å². The van der Waals surface area contributed by atoms with Gasteiger partial charge in [-0.1, -0.05) is 30.7 Å². The molecule has 0 N–H and O–H groups in total. The third-order valence-corrected chi connectivity index (χ3v) is 4.37. The van der Waals surface area contributed by atoms with E-state index in [0.29, 0.717) is 0 Å². The van der Waals surface area contributed by atoms with E-state index >= 15 is 0 Å². The van der Waals surface area contributed by atoms with E-state index in [1.165, 1.54) is 5.69 Å². The zero-order valence-corrected chi connectivity index (χ0v) is 11.2. The topological polar surface area (TPSA) is 30.7 Å². The molecular weight excluding hydrogens is 250 g/mol. The first-order valence-corrected chi connectivity index (χ1v) is 6.62. The molecular formula is C12H11N3S2. The first kappa shape index (κ1) is 10.8. The highest BCUT2D eigenvalue weighted by molar-refractivity contribution is 7.71. The van der Waals surface area contributed by atoms with Crippen LogP contribution in [0.3, 0.4) is 0 Å². The van der Waals surface area contributed by atoms with Gasteiger partial charge in [0.05, 0.1) is 10.2 Å². The van der Waals surface area contributed by atoms with Crippen LogP contribution >= 0.6 is 23.8 Å². The summed E-state index contributed by atoms with van der Waals surface area (Å²) in [5.41, 5.74) is 3.13. The second-order valence-electron chi connectivity index (χ2n) is 3.94. The minimum absolute atomic E-state index is 0.861. The first-order valence-electron chi connectivity index (χ1n) is 5.44. The molecule has 0 radical (unpaired) electrons. The van der Waals surface area contributed by atoms with Gasteiger partial charge in [-0.2, -0.15) is 0 Å². The van der Waals surface area contributed by atoms with Gasteiger partial charge in [-0.15, -0.1) is 0 Å². The molecule has 2 aliphatic heterocycles. The number of imidazole rings is 1. The molecule has 3 aliphatic rings. The molecule has 0 bridgehead atoms. The molecule has 0 atom stereocenters. The minimum Gasteiger partial charge on any atom is -0.305 e. The summed E-state index contributed by atoms with van der Waals surface area (Å²) in [5.74, 6) is 0. The van der Waals surface area contributed by atoms with Crippen LogP contribution < -0.4 is 0 Å². The van der Waals surface area contributed by atoms with Gasteiger partial charge in [0.2, 0.25) is 0 Å². The second kappa shape index (κ2) is 3.85. The van der Waals surface area contributed by atoms with Crippen molar-refractivity contribution in [1.29, 1.82) is 0 Å². The van der Waals surface area contributed by atoms with E-state index in [1.54, 1.807) is 17.9 Å². The summed E-state index contributed by atoms with van der Waals surface area (Å²) < 4.78 is 4.16. The van der Waals surface area contributed by atoms with Gasteiger partial charge in [-0.3, -0.25) is 0 Å². The van der Waals surface area contributed by atoms with Crippen molar-refractivity contribution in [3.05, 3.63) is 38.4 Å². The van der Waals surface area contributed by atoms with Gasteiger partial charge in [0.15, 0.2) is 0 Å².